The first-order chi connectivity index (χ1) is 22.3. The van der Waals surface area contributed by atoms with Crippen LogP contribution in [0.4, 0.5) is 5.69 Å². The molecule has 0 unspecified atom stereocenters. The van der Waals surface area contributed by atoms with Crippen LogP contribution < -0.4 is 36.6 Å². The van der Waals surface area contributed by atoms with E-state index >= 15 is 0 Å². The highest BCUT2D eigenvalue weighted by atomic mass is 16.5. The predicted octanol–water partition coefficient (Wildman–Crippen LogP) is 3.74. The van der Waals surface area contributed by atoms with Crippen LogP contribution in [0.25, 0.3) is 12.2 Å². The molecule has 240 valence electrons. The van der Waals surface area contributed by atoms with Crippen molar-refractivity contribution in [2.24, 2.45) is 7.05 Å². The molecule has 1 aliphatic heterocycles. The van der Waals surface area contributed by atoms with Crippen molar-refractivity contribution in [1.82, 2.24) is 14.5 Å². The van der Waals surface area contributed by atoms with Crippen LogP contribution in [0.5, 0.6) is 11.5 Å². The number of carbonyl (C=O) groups is 1. The highest BCUT2D eigenvalue weighted by Gasteiger charge is 2.19. The minimum absolute atomic E-state index is 0.169. The number of aromatic amines is 1. The average Bonchev–Trinajstić information content (AvgIpc) is 3.07. The van der Waals surface area contributed by atoms with Crippen molar-refractivity contribution >= 4 is 23.7 Å². The Labute approximate surface area is 268 Å². The first kappa shape index (κ1) is 32.5. The van der Waals surface area contributed by atoms with Crippen LogP contribution in [0.1, 0.15) is 58.8 Å². The molecule has 2 heterocycles. The van der Waals surface area contributed by atoms with Gasteiger partial charge < -0.3 is 24.3 Å². The van der Waals surface area contributed by atoms with Gasteiger partial charge in [-0.2, -0.15) is 0 Å². The molecule has 1 amide bonds. The Morgan fingerprint density at radius 3 is 2.46 bits per heavy atom. The number of anilines is 1. The fourth-order valence-electron chi connectivity index (χ4n) is 5.77. The van der Waals surface area contributed by atoms with E-state index in [1.807, 2.05) is 24.3 Å². The van der Waals surface area contributed by atoms with Gasteiger partial charge in [0.2, 0.25) is 0 Å². The minimum atomic E-state index is -0.315. The summed E-state index contributed by atoms with van der Waals surface area (Å²) in [4.78, 5) is 43.9. The van der Waals surface area contributed by atoms with Gasteiger partial charge in [0.15, 0.2) is 11.5 Å². The van der Waals surface area contributed by atoms with E-state index in [1.54, 1.807) is 57.7 Å². The zero-order chi connectivity index (χ0) is 32.6. The summed E-state index contributed by atoms with van der Waals surface area (Å²) in [5.41, 5.74) is 4.93. The summed E-state index contributed by atoms with van der Waals surface area (Å²) >= 11 is 0. The fraction of sp³-hybridized carbons (Fsp3) is 0.324. The second-order valence-corrected chi connectivity index (χ2v) is 11.6. The highest BCUT2D eigenvalue weighted by Crippen LogP contribution is 2.33. The number of amides is 1. The number of nitrogens with one attached hydrogen (secondary N) is 2. The van der Waals surface area contributed by atoms with Crippen molar-refractivity contribution in [2.75, 3.05) is 32.6 Å². The van der Waals surface area contributed by atoms with Crippen LogP contribution in [0, 0.1) is 0 Å². The molecule has 0 bridgehead atoms. The fourth-order valence-corrected chi connectivity index (χ4v) is 5.77. The number of carbonyl (C=O) groups excluding carboxylic acids is 1. The van der Waals surface area contributed by atoms with Gasteiger partial charge in [0.25, 0.3) is 17.0 Å². The third kappa shape index (κ3) is 7.66. The van der Waals surface area contributed by atoms with E-state index in [0.29, 0.717) is 22.2 Å². The Kier molecular flexibility index (Phi) is 10.5. The molecule has 0 saturated heterocycles. The number of fused-ring (bicyclic) bond motifs is 1. The summed E-state index contributed by atoms with van der Waals surface area (Å²) < 4.78 is 12.3. The Balaban J connectivity index is 1.21. The number of nitrogens with zero attached hydrogens (tertiary/aromatic N) is 2. The van der Waals surface area contributed by atoms with E-state index in [0.717, 1.165) is 63.2 Å². The van der Waals surface area contributed by atoms with Crippen LogP contribution in [0.3, 0.4) is 0 Å². The van der Waals surface area contributed by atoms with Crippen molar-refractivity contribution in [2.45, 2.75) is 45.6 Å². The smallest absolute Gasteiger partial charge is 0.274 e. The molecule has 0 fully saturated rings. The third-order valence-electron chi connectivity index (χ3n) is 8.46. The maximum Gasteiger partial charge on any atom is 0.274 e. The van der Waals surface area contributed by atoms with Gasteiger partial charge in [-0.1, -0.05) is 43.7 Å². The number of unbranched alkanes of at least 4 members (excludes halogenated alkanes) is 2. The predicted molar refractivity (Wildman–Crippen MR) is 182 cm³/mol. The van der Waals surface area contributed by atoms with E-state index in [-0.39, 0.29) is 22.4 Å². The Morgan fingerprint density at radius 2 is 1.74 bits per heavy atom. The quantitative estimate of drug-likeness (QED) is 0.247. The summed E-state index contributed by atoms with van der Waals surface area (Å²) in [6, 6.07) is 19.1. The van der Waals surface area contributed by atoms with E-state index in [4.69, 9.17) is 9.47 Å². The van der Waals surface area contributed by atoms with Crippen molar-refractivity contribution in [1.29, 1.82) is 0 Å². The molecule has 0 spiro atoms. The molecule has 46 heavy (non-hydrogen) atoms. The normalized spacial score (nSPS) is 13.8. The molecule has 9 heteroatoms. The van der Waals surface area contributed by atoms with Crippen molar-refractivity contribution in [3.8, 4) is 11.5 Å². The maximum absolute atomic E-state index is 13.1. The first-order valence-corrected chi connectivity index (χ1v) is 15.8. The number of ether oxygens (including phenoxy) is 2. The third-order valence-corrected chi connectivity index (χ3v) is 8.46. The summed E-state index contributed by atoms with van der Waals surface area (Å²) in [7, 11) is 4.93. The van der Waals surface area contributed by atoms with Crippen molar-refractivity contribution in [3.05, 3.63) is 120 Å². The molecule has 4 aromatic rings. The monoisotopic (exact) mass is 622 g/mol. The second kappa shape index (κ2) is 14.9. The molecule has 0 atom stereocenters. The lowest BCUT2D eigenvalue weighted by Crippen LogP contribution is -2.52. The Morgan fingerprint density at radius 1 is 1.00 bits per heavy atom. The second-order valence-electron chi connectivity index (χ2n) is 11.6. The first-order valence-electron chi connectivity index (χ1n) is 15.8. The van der Waals surface area contributed by atoms with Crippen LogP contribution in [0.15, 0.2) is 70.3 Å². The van der Waals surface area contributed by atoms with Crippen LogP contribution in [0.2, 0.25) is 0 Å². The number of hydrogen-bond acceptors (Lipinski definition) is 6. The van der Waals surface area contributed by atoms with Crippen molar-refractivity contribution < 1.29 is 14.3 Å². The van der Waals surface area contributed by atoms with E-state index in [9.17, 15) is 14.4 Å². The number of H-pyrrole nitrogens is 1. The summed E-state index contributed by atoms with van der Waals surface area (Å²) in [6.45, 7) is 4.86. The summed E-state index contributed by atoms with van der Waals surface area (Å²) in [5.74, 6) is 1.27. The number of hydrogen-bond donors (Lipinski definition) is 2. The zero-order valence-corrected chi connectivity index (χ0v) is 27.0. The largest absolute Gasteiger partial charge is 0.493 e. The van der Waals surface area contributed by atoms with Gasteiger partial charge in [0.05, 0.1) is 14.2 Å². The van der Waals surface area contributed by atoms with Gasteiger partial charge in [0, 0.05) is 37.9 Å². The molecule has 0 saturated carbocycles. The SMILES string of the molecule is CCCCC=c1c(=O)[nH]c(=Cc2cccc(C(=O)Nc3ccc(CCN4CCc5cc(OC)c(OC)cc5C4)cc3)c2)c(=O)n1C. The van der Waals surface area contributed by atoms with Gasteiger partial charge in [-0.25, -0.2) is 0 Å². The van der Waals surface area contributed by atoms with Gasteiger partial charge >= 0.3 is 0 Å². The molecular weight excluding hydrogens is 580 g/mol. The molecule has 1 aromatic heterocycles. The van der Waals surface area contributed by atoms with Gasteiger partial charge in [-0.15, -0.1) is 0 Å². The van der Waals surface area contributed by atoms with Crippen LogP contribution in [-0.4, -0.2) is 47.7 Å². The van der Waals surface area contributed by atoms with Crippen LogP contribution in [-0.2, 0) is 26.4 Å². The Hall–Kier alpha value is -4.89. The molecule has 9 nitrogen and oxygen atoms in total. The molecule has 5 rings (SSSR count). The van der Waals surface area contributed by atoms with Crippen LogP contribution >= 0.6 is 0 Å². The molecule has 3 aromatic carbocycles. The maximum atomic E-state index is 13.1. The summed E-state index contributed by atoms with van der Waals surface area (Å²) in [6.07, 6.45) is 7.95. The average molecular weight is 623 g/mol. The van der Waals surface area contributed by atoms with Gasteiger partial charge in [0.1, 0.15) is 10.7 Å². The van der Waals surface area contributed by atoms with Gasteiger partial charge in [-0.05, 0) is 90.4 Å². The number of benzene rings is 3. The van der Waals surface area contributed by atoms with E-state index in [2.05, 4.69) is 34.3 Å². The standard InChI is InChI=1S/C37H42N4O5/c1-5-6-7-11-32-36(43)39-31(37(44)40(32)2)21-26-9-8-10-28(20-26)35(42)38-30-14-12-25(13-15-30)16-18-41-19-17-27-22-33(45-3)34(46-4)23-29(27)24-41/h8-15,20-23H,5-7,16-19,24H2,1-4H3,(H,38,42)(H,39,43). The Bertz CT molecular complexity index is 1940. The lowest BCUT2D eigenvalue weighted by Gasteiger charge is -2.29. The lowest BCUT2D eigenvalue weighted by atomic mass is 9.98. The number of rotatable bonds is 11. The number of methoxy groups -OCH3 is 2. The molecule has 0 radical (unpaired) electrons. The van der Waals surface area contributed by atoms with E-state index in [1.165, 1.54) is 21.3 Å². The summed E-state index contributed by atoms with van der Waals surface area (Å²) in [5, 5.41) is 3.49. The zero-order valence-electron chi connectivity index (χ0n) is 27.0. The number of aromatic nitrogens is 2. The molecule has 1 aliphatic rings. The van der Waals surface area contributed by atoms with Gasteiger partial charge in [-0.3, -0.25) is 19.3 Å². The highest BCUT2D eigenvalue weighted by molar-refractivity contribution is 6.04. The lowest BCUT2D eigenvalue weighted by molar-refractivity contribution is 0.102. The topological polar surface area (TPSA) is 106 Å². The van der Waals surface area contributed by atoms with Crippen molar-refractivity contribution in [3.63, 3.8) is 0 Å². The molecule has 0 aliphatic carbocycles. The molecular formula is C37H42N4O5. The molecule has 2 N–H and O–H groups in total. The minimum Gasteiger partial charge on any atom is -0.493 e. The van der Waals surface area contributed by atoms with E-state index < -0.39 is 0 Å².